The van der Waals surface area contributed by atoms with Crippen molar-refractivity contribution in [1.29, 1.82) is 0 Å². The summed E-state index contributed by atoms with van der Waals surface area (Å²) in [6, 6.07) is 0. The maximum Gasteiger partial charge on any atom is 3.00 e. The van der Waals surface area contributed by atoms with Crippen molar-refractivity contribution in [1.82, 2.24) is 0 Å². The molecule has 1 N–H and O–H groups in total. The molecule has 0 unspecified atom stereocenters. The van der Waals surface area contributed by atoms with Gasteiger partial charge >= 0.3 is 237 Å². The summed E-state index contributed by atoms with van der Waals surface area (Å²) in [5.41, 5.74) is 0. The van der Waals surface area contributed by atoms with Crippen LogP contribution in [-0.2, 0) is 65.4 Å². The first-order valence-corrected chi connectivity index (χ1v) is 1.41. The van der Waals surface area contributed by atoms with E-state index in [9.17, 15) is 0 Å². The van der Waals surface area contributed by atoms with Gasteiger partial charge in [-0.2, -0.15) is 0 Å². The molecule has 0 aromatic carbocycles. The molecule has 0 aliphatic heterocycles. The number of aliphatic hydroxyl groups is 1. The second-order valence-corrected chi connectivity index (χ2v) is 1.09. The van der Waals surface area contributed by atoms with Crippen LogP contribution < -0.4 is 112 Å². The van der Waals surface area contributed by atoms with E-state index in [0.717, 1.165) is 0 Å². The van der Waals surface area contributed by atoms with Gasteiger partial charge in [0.15, 0.2) is 0 Å². The van der Waals surface area contributed by atoms with Crippen LogP contribution in [0.15, 0.2) is 0 Å². The molecule has 0 bridgehead atoms. The first-order valence-electron chi connectivity index (χ1n) is 1.41. The van der Waals surface area contributed by atoms with E-state index in [0.29, 0.717) is 0 Å². The van der Waals surface area contributed by atoms with E-state index >= 15 is 0 Å². The number of hydrogen-bond donors (Lipinski definition) is 1. The van der Waals surface area contributed by atoms with Crippen molar-refractivity contribution in [2.45, 2.75) is 20.0 Å². The third-order valence-corrected chi connectivity index (χ3v) is 0. The smallest absolute Gasteiger partial charge is 1.00 e. The van der Waals surface area contributed by atoms with Gasteiger partial charge in [-0.1, -0.05) is 0 Å². The Labute approximate surface area is 394 Å². The standard InChI is InChI=1S/C3H8O.9ClH.Dy.Eu.La.Nd.Sm.2Y/c1-3(2)4;;;;;;;;;;;;;;;;/h3-4H,1-2H3;9*1H;;;;;;;/q;;;;;;;;;;5*+3;;+3/p-9. The molecule has 0 fully saturated rings. The normalized spacial score (nSPS) is 1.80. The van der Waals surface area contributed by atoms with Gasteiger partial charge in [0.2, 0.25) is 0 Å². The van der Waals surface area contributed by atoms with Crippen LogP contribution in [0, 0.1) is 204 Å². The van der Waals surface area contributed by atoms with Crippen LogP contribution in [0.5, 0.6) is 0 Å². The predicted octanol–water partition coefficient (Wildman–Crippen LogP) is -26.6. The van der Waals surface area contributed by atoms with Gasteiger partial charge < -0.3 is 117 Å². The van der Waals surface area contributed by atoms with Crippen LogP contribution in [0.4, 0.5) is 0 Å². The van der Waals surface area contributed by atoms with Gasteiger partial charge in [0.25, 0.3) is 0 Å². The summed E-state index contributed by atoms with van der Waals surface area (Å²) in [5, 5.41) is 8.06. The average Bonchev–Trinajstić information content (AvgIpc) is 0.811. The Morgan fingerprint density at radius 3 is 0.700 bits per heavy atom. The summed E-state index contributed by atoms with van der Waals surface area (Å²) in [5.74, 6) is 0. The second kappa shape index (κ2) is 126. The summed E-state index contributed by atoms with van der Waals surface area (Å²) >= 11 is 0. The van der Waals surface area contributed by atoms with Crippen molar-refractivity contribution < 1.29 is 387 Å². The number of hydrogen-bond acceptors (Lipinski definition) is 1. The van der Waals surface area contributed by atoms with E-state index in [1.807, 2.05) is 0 Å². The molecule has 0 aromatic rings. The molecule has 1 nitrogen and oxygen atoms in total. The Balaban J connectivity index is -0.000000000375. The minimum atomic E-state index is -0.167. The fraction of sp³-hybridized carbons (Fsp3) is 1.00. The average molecular weight is 1300 g/mol. The Hall–Kier alpha value is 11.5. The molecule has 0 saturated carbocycles. The Morgan fingerprint density at radius 1 is 0.700 bits per heavy atom. The van der Waals surface area contributed by atoms with E-state index in [-0.39, 0.29) is 388 Å². The van der Waals surface area contributed by atoms with E-state index in [4.69, 9.17) is 5.11 Å². The molecule has 0 aliphatic rings. The molecule has 0 aromatic heterocycles. The Morgan fingerprint density at radius 2 is 0.700 bits per heavy atom. The van der Waals surface area contributed by atoms with Gasteiger partial charge in [0.1, 0.15) is 0 Å². The number of aliphatic hydroxyl groups excluding tert-OH is 1. The molecule has 0 heterocycles. The maximum absolute atomic E-state index is 8.06. The van der Waals surface area contributed by atoms with E-state index in [1.165, 1.54) is 0 Å². The van der Waals surface area contributed by atoms with Crippen molar-refractivity contribution in [3.63, 3.8) is 0 Å². The molecule has 0 rings (SSSR count). The quantitative estimate of drug-likeness (QED) is 0.256. The van der Waals surface area contributed by atoms with Crippen LogP contribution in [0.3, 0.4) is 0 Å². The Kier molecular flexibility index (Phi) is 879. The van der Waals surface area contributed by atoms with Crippen LogP contribution in [-0.4, -0.2) is 11.2 Å². The first kappa shape index (κ1) is 139. The minimum absolute atomic E-state index is 0. The SMILES string of the molecule is CC(C)O.[Cl-].[Cl-].[Cl-].[Cl-].[Cl-].[Cl-].[Cl-].[Cl-].[Cl-].[Dy+3].[Eu+3].[La+3].[Nd+3].[Sm+3].[Y+3].[Y]. The van der Waals surface area contributed by atoms with Crippen molar-refractivity contribution in [2.24, 2.45) is 0 Å². The molecular formula is C3H8Cl9DyEuLaNdOSmY2+9. The molecule has 0 saturated heterocycles. The molecule has 4 radical (unpaired) electrons. The van der Waals surface area contributed by atoms with Crippen molar-refractivity contribution >= 4 is 0 Å². The van der Waals surface area contributed by atoms with E-state index in [2.05, 4.69) is 0 Å². The topological polar surface area (TPSA) is 20.2 Å². The fourth-order valence-electron chi connectivity index (χ4n) is 0. The second-order valence-electron chi connectivity index (χ2n) is 1.09. The molecule has 0 amide bonds. The van der Waals surface area contributed by atoms with Gasteiger partial charge in [0, 0.05) is 38.8 Å². The predicted molar refractivity (Wildman–Crippen MR) is 17.4 cm³/mol. The van der Waals surface area contributed by atoms with Gasteiger partial charge in [0.05, 0.1) is 0 Å². The summed E-state index contributed by atoms with van der Waals surface area (Å²) in [4.78, 5) is 0. The van der Waals surface area contributed by atoms with Crippen molar-refractivity contribution in [3.05, 3.63) is 0 Å². The molecule has 0 atom stereocenters. The zero-order valence-corrected chi connectivity index (χ0v) is 36.1. The van der Waals surface area contributed by atoms with E-state index in [1.54, 1.807) is 13.8 Å². The van der Waals surface area contributed by atoms with Crippen molar-refractivity contribution in [3.8, 4) is 0 Å². The van der Waals surface area contributed by atoms with Crippen LogP contribution in [0.25, 0.3) is 0 Å². The zero-order chi connectivity index (χ0) is 3.58. The largest absolute Gasteiger partial charge is 3.00 e. The number of rotatable bonds is 0. The zero-order valence-electron chi connectivity index (χ0n) is 9.76. The molecule has 0 aliphatic carbocycles. The summed E-state index contributed by atoms with van der Waals surface area (Å²) < 4.78 is 0. The Bertz CT molecular complexity index is 55.9. The summed E-state index contributed by atoms with van der Waals surface area (Å²) in [6.07, 6.45) is -0.167. The van der Waals surface area contributed by atoms with Crippen LogP contribution >= 0.6 is 0 Å². The van der Waals surface area contributed by atoms with E-state index < -0.39 is 0 Å². The molecular weight excluding hydrogens is 1300 g/mol. The summed E-state index contributed by atoms with van der Waals surface area (Å²) in [7, 11) is 0. The maximum atomic E-state index is 8.06. The third kappa shape index (κ3) is 181. The molecule has 0 spiro atoms. The van der Waals surface area contributed by atoms with Gasteiger partial charge in [-0.25, -0.2) is 0 Å². The molecule has 116 valence electrons. The minimum Gasteiger partial charge on any atom is -1.00 e. The number of halogens is 9. The van der Waals surface area contributed by atoms with Crippen LogP contribution in [0.1, 0.15) is 13.8 Å². The molecule has 17 heteroatoms. The van der Waals surface area contributed by atoms with Crippen LogP contribution in [0.2, 0.25) is 0 Å². The molecule has 20 heavy (non-hydrogen) atoms. The monoisotopic (exact) mass is 1300 g/mol. The van der Waals surface area contributed by atoms with Gasteiger partial charge in [-0.05, 0) is 13.8 Å². The summed E-state index contributed by atoms with van der Waals surface area (Å²) in [6.45, 7) is 3.44. The van der Waals surface area contributed by atoms with Crippen molar-refractivity contribution in [2.75, 3.05) is 0 Å². The fourth-order valence-corrected chi connectivity index (χ4v) is 0. The van der Waals surface area contributed by atoms with Gasteiger partial charge in [-0.15, -0.1) is 0 Å². The van der Waals surface area contributed by atoms with Gasteiger partial charge in [-0.3, -0.25) is 0 Å². The first-order chi connectivity index (χ1) is 1.73. The third-order valence-electron chi connectivity index (χ3n) is 0.